The van der Waals surface area contributed by atoms with Crippen molar-refractivity contribution in [3.8, 4) is 17.0 Å². The highest BCUT2D eigenvalue weighted by Crippen LogP contribution is 2.32. The van der Waals surface area contributed by atoms with Crippen LogP contribution in [0.1, 0.15) is 6.92 Å². The minimum atomic E-state index is -0.499. The van der Waals surface area contributed by atoms with Gasteiger partial charge in [-0.3, -0.25) is 15.1 Å². The molecule has 10 nitrogen and oxygen atoms in total. The molecule has 0 saturated heterocycles. The van der Waals surface area contributed by atoms with Gasteiger partial charge in [-0.25, -0.2) is 4.98 Å². The zero-order chi connectivity index (χ0) is 20.8. The van der Waals surface area contributed by atoms with E-state index >= 15 is 0 Å². The summed E-state index contributed by atoms with van der Waals surface area (Å²) >= 11 is 0. The number of nitrogens with one attached hydrogen (secondary N) is 2. The molecule has 0 amide bonds. The third kappa shape index (κ3) is 4.93. The lowest BCUT2D eigenvalue weighted by atomic mass is 10.2. The van der Waals surface area contributed by atoms with Gasteiger partial charge in [0.2, 0.25) is 5.95 Å². The smallest absolute Gasteiger partial charge is 0.296 e. The van der Waals surface area contributed by atoms with Crippen molar-refractivity contribution in [2.45, 2.75) is 13.0 Å². The monoisotopic (exact) mass is 396 g/mol. The first kappa shape index (κ1) is 20.0. The number of aliphatic hydroxyl groups is 1. The quantitative estimate of drug-likeness (QED) is 0.388. The van der Waals surface area contributed by atoms with E-state index in [1.165, 1.54) is 13.2 Å². The Morgan fingerprint density at radius 2 is 2.10 bits per heavy atom. The molecule has 29 heavy (non-hydrogen) atoms. The van der Waals surface area contributed by atoms with Crippen molar-refractivity contribution >= 4 is 23.1 Å². The van der Waals surface area contributed by atoms with E-state index in [1.807, 2.05) is 6.07 Å². The topological polar surface area (TPSA) is 135 Å². The van der Waals surface area contributed by atoms with Crippen LogP contribution in [0.25, 0.3) is 11.3 Å². The summed E-state index contributed by atoms with van der Waals surface area (Å²) in [5.74, 6) is 0.992. The zero-order valence-corrected chi connectivity index (χ0v) is 15.9. The maximum atomic E-state index is 11.4. The number of hydrogen-bond donors (Lipinski definition) is 3. The molecule has 0 aliphatic carbocycles. The second kappa shape index (κ2) is 8.93. The fraction of sp³-hybridized carbons (Fsp3) is 0.211. The molecule has 0 saturated carbocycles. The number of methoxy groups -OCH3 is 1. The van der Waals surface area contributed by atoms with Crippen molar-refractivity contribution in [3.63, 3.8) is 0 Å². The normalized spacial score (nSPS) is 11.6. The predicted molar refractivity (Wildman–Crippen MR) is 108 cm³/mol. The highest BCUT2D eigenvalue weighted by atomic mass is 16.6. The first-order valence-electron chi connectivity index (χ1n) is 8.76. The Morgan fingerprint density at radius 1 is 1.28 bits per heavy atom. The Labute approximate surface area is 166 Å². The van der Waals surface area contributed by atoms with Gasteiger partial charge >= 0.3 is 0 Å². The van der Waals surface area contributed by atoms with Crippen molar-refractivity contribution < 1.29 is 14.8 Å². The lowest BCUT2D eigenvalue weighted by molar-refractivity contribution is -0.384. The van der Waals surface area contributed by atoms with Gasteiger partial charge in [-0.15, -0.1) is 0 Å². The standard InChI is InChI=1S/C19H20N6O4/c1-12(11-26)21-19-23-16(13-4-3-7-20-10-13)9-18(24-19)22-15-6-5-14(29-2)8-17(15)25(27)28/h3-10,12,26H,11H2,1-2H3,(H2,21,22,23,24)/t12-/m1/s1. The molecule has 3 N–H and O–H groups in total. The lowest BCUT2D eigenvalue weighted by Crippen LogP contribution is -2.21. The maximum absolute atomic E-state index is 11.4. The second-order valence-corrected chi connectivity index (χ2v) is 6.20. The van der Waals surface area contributed by atoms with E-state index < -0.39 is 4.92 Å². The summed E-state index contributed by atoms with van der Waals surface area (Å²) in [5, 5.41) is 26.7. The number of benzene rings is 1. The summed E-state index contributed by atoms with van der Waals surface area (Å²) in [5.41, 5.74) is 1.43. The number of nitro groups is 1. The van der Waals surface area contributed by atoms with Crippen molar-refractivity contribution in [1.82, 2.24) is 15.0 Å². The minimum absolute atomic E-state index is 0.104. The molecule has 0 unspecified atom stereocenters. The maximum Gasteiger partial charge on any atom is 0.296 e. The Hall–Kier alpha value is -3.79. The molecule has 10 heteroatoms. The predicted octanol–water partition coefficient (Wildman–Crippen LogP) is 2.99. The first-order chi connectivity index (χ1) is 14.0. The van der Waals surface area contributed by atoms with Crippen LogP contribution in [-0.2, 0) is 0 Å². The molecule has 0 spiro atoms. The molecular formula is C19H20N6O4. The lowest BCUT2D eigenvalue weighted by Gasteiger charge is -2.14. The van der Waals surface area contributed by atoms with Crippen LogP contribution >= 0.6 is 0 Å². The number of aromatic nitrogens is 3. The molecule has 3 rings (SSSR count). The fourth-order valence-electron chi connectivity index (χ4n) is 2.54. The number of ether oxygens (including phenoxy) is 1. The first-order valence-corrected chi connectivity index (χ1v) is 8.76. The van der Waals surface area contributed by atoms with Gasteiger partial charge in [0, 0.05) is 30.1 Å². The van der Waals surface area contributed by atoms with Crippen molar-refractivity contribution in [3.05, 3.63) is 58.9 Å². The van der Waals surface area contributed by atoms with E-state index in [1.54, 1.807) is 43.6 Å². The van der Waals surface area contributed by atoms with E-state index in [4.69, 9.17) is 4.74 Å². The second-order valence-electron chi connectivity index (χ2n) is 6.20. The van der Waals surface area contributed by atoms with Gasteiger partial charge in [-0.1, -0.05) is 0 Å². The van der Waals surface area contributed by atoms with Crippen LogP contribution < -0.4 is 15.4 Å². The van der Waals surface area contributed by atoms with Crippen LogP contribution in [0.5, 0.6) is 5.75 Å². The molecule has 150 valence electrons. The van der Waals surface area contributed by atoms with E-state index in [9.17, 15) is 15.2 Å². The summed E-state index contributed by atoms with van der Waals surface area (Å²) in [7, 11) is 1.44. The van der Waals surface area contributed by atoms with E-state index in [0.717, 1.165) is 5.56 Å². The Kier molecular flexibility index (Phi) is 6.15. The summed E-state index contributed by atoms with van der Waals surface area (Å²) in [4.78, 5) is 23.9. The average Bonchev–Trinajstić information content (AvgIpc) is 2.74. The molecule has 0 aliphatic heterocycles. The Balaban J connectivity index is 2.02. The van der Waals surface area contributed by atoms with Gasteiger partial charge in [0.05, 0.1) is 30.4 Å². The Bertz CT molecular complexity index is 999. The minimum Gasteiger partial charge on any atom is -0.496 e. The molecule has 2 aromatic heterocycles. The SMILES string of the molecule is COc1ccc(Nc2cc(-c3cccnc3)nc(N[C@H](C)CO)n2)c([N+](=O)[O-])c1. The number of anilines is 3. The van der Waals surface area contributed by atoms with Crippen molar-refractivity contribution in [2.75, 3.05) is 24.4 Å². The molecule has 0 radical (unpaired) electrons. The number of hydrogen-bond acceptors (Lipinski definition) is 9. The highest BCUT2D eigenvalue weighted by molar-refractivity contribution is 5.72. The molecule has 1 atom stereocenters. The van der Waals surface area contributed by atoms with Gasteiger partial charge in [-0.05, 0) is 31.2 Å². The number of nitro benzene ring substituents is 1. The van der Waals surface area contributed by atoms with Crippen LogP contribution in [0.15, 0.2) is 48.8 Å². The molecule has 0 bridgehead atoms. The number of pyridine rings is 1. The van der Waals surface area contributed by atoms with E-state index in [2.05, 4.69) is 25.6 Å². The van der Waals surface area contributed by atoms with Crippen molar-refractivity contribution in [1.29, 1.82) is 0 Å². The number of rotatable bonds is 8. The third-order valence-electron chi connectivity index (χ3n) is 4.00. The van der Waals surface area contributed by atoms with Crippen LogP contribution in [-0.4, -0.2) is 44.7 Å². The summed E-state index contributed by atoms with van der Waals surface area (Å²) in [6.07, 6.45) is 3.30. The molecule has 0 fully saturated rings. The fourth-order valence-corrected chi connectivity index (χ4v) is 2.54. The van der Waals surface area contributed by atoms with E-state index in [-0.39, 0.29) is 30.0 Å². The largest absolute Gasteiger partial charge is 0.496 e. The summed E-state index contributed by atoms with van der Waals surface area (Å²) < 4.78 is 5.06. The number of aliphatic hydroxyl groups excluding tert-OH is 1. The van der Waals surface area contributed by atoms with Gasteiger partial charge in [-0.2, -0.15) is 4.98 Å². The van der Waals surface area contributed by atoms with E-state index in [0.29, 0.717) is 17.3 Å². The van der Waals surface area contributed by atoms with Gasteiger partial charge in [0.25, 0.3) is 5.69 Å². The van der Waals surface area contributed by atoms with Gasteiger partial charge in [0.15, 0.2) is 0 Å². The Morgan fingerprint density at radius 3 is 2.76 bits per heavy atom. The van der Waals surface area contributed by atoms with Crippen LogP contribution in [0.3, 0.4) is 0 Å². The van der Waals surface area contributed by atoms with Crippen LogP contribution in [0.2, 0.25) is 0 Å². The van der Waals surface area contributed by atoms with Crippen LogP contribution in [0.4, 0.5) is 23.1 Å². The highest BCUT2D eigenvalue weighted by Gasteiger charge is 2.17. The summed E-state index contributed by atoms with van der Waals surface area (Å²) in [6, 6.07) is 9.51. The molecule has 0 aliphatic rings. The molecule has 3 aromatic rings. The molecule has 2 heterocycles. The molecular weight excluding hydrogens is 376 g/mol. The number of nitrogens with zero attached hydrogens (tertiary/aromatic N) is 4. The van der Waals surface area contributed by atoms with Gasteiger partial charge in [0.1, 0.15) is 17.3 Å². The summed E-state index contributed by atoms with van der Waals surface area (Å²) in [6.45, 7) is 1.68. The zero-order valence-electron chi connectivity index (χ0n) is 15.9. The van der Waals surface area contributed by atoms with Crippen molar-refractivity contribution in [2.24, 2.45) is 0 Å². The molecule has 1 aromatic carbocycles. The van der Waals surface area contributed by atoms with Crippen LogP contribution in [0, 0.1) is 10.1 Å². The third-order valence-corrected chi connectivity index (χ3v) is 4.00. The van der Waals surface area contributed by atoms with Gasteiger partial charge < -0.3 is 20.5 Å². The average molecular weight is 396 g/mol.